The number of anilines is 2. The van der Waals surface area contributed by atoms with Crippen molar-refractivity contribution in [2.24, 2.45) is 0 Å². The van der Waals surface area contributed by atoms with Gasteiger partial charge in [-0.15, -0.1) is 0 Å². The van der Waals surface area contributed by atoms with Crippen LogP contribution in [0.1, 0.15) is 10.4 Å². The van der Waals surface area contributed by atoms with Crippen LogP contribution in [0.5, 0.6) is 0 Å². The van der Waals surface area contributed by atoms with E-state index in [9.17, 15) is 4.79 Å². The summed E-state index contributed by atoms with van der Waals surface area (Å²) >= 11 is 5.88. The van der Waals surface area contributed by atoms with Gasteiger partial charge in [-0.1, -0.05) is 6.07 Å². The first-order valence-corrected chi connectivity index (χ1v) is 6.40. The Hall–Kier alpha value is -2.73. The molecule has 0 bridgehead atoms. The van der Waals surface area contributed by atoms with Crippen molar-refractivity contribution in [2.75, 3.05) is 5.32 Å². The molecule has 2 heterocycles. The Morgan fingerprint density at radius 3 is 2.86 bits per heavy atom. The molecule has 0 amide bonds. The van der Waals surface area contributed by atoms with Crippen LogP contribution in [-0.4, -0.2) is 26.0 Å². The molecule has 0 saturated heterocycles. The average Bonchev–Trinajstić information content (AvgIpc) is 2.47. The molecule has 7 heteroatoms. The maximum absolute atomic E-state index is 11.0. The van der Waals surface area contributed by atoms with E-state index in [1.54, 1.807) is 24.4 Å². The van der Waals surface area contributed by atoms with E-state index in [1.165, 1.54) is 12.1 Å². The van der Waals surface area contributed by atoms with Gasteiger partial charge in [-0.2, -0.15) is 9.97 Å². The van der Waals surface area contributed by atoms with Crippen LogP contribution in [0.25, 0.3) is 11.0 Å². The first kappa shape index (κ1) is 13.3. The largest absolute Gasteiger partial charge is 0.478 e. The minimum absolute atomic E-state index is 0.0677. The van der Waals surface area contributed by atoms with E-state index in [2.05, 4.69) is 20.3 Å². The number of pyridine rings is 1. The van der Waals surface area contributed by atoms with Crippen LogP contribution in [0.15, 0.2) is 42.6 Å². The van der Waals surface area contributed by atoms with Crippen molar-refractivity contribution < 1.29 is 9.90 Å². The fourth-order valence-electron chi connectivity index (χ4n) is 1.90. The van der Waals surface area contributed by atoms with Gasteiger partial charge in [-0.05, 0) is 41.9 Å². The Balaban J connectivity index is 2.05. The van der Waals surface area contributed by atoms with E-state index in [0.717, 1.165) is 0 Å². The molecule has 0 aliphatic rings. The zero-order valence-corrected chi connectivity index (χ0v) is 11.4. The van der Waals surface area contributed by atoms with Gasteiger partial charge in [-0.3, -0.25) is 0 Å². The molecule has 0 atom stereocenters. The number of rotatable bonds is 3. The van der Waals surface area contributed by atoms with Crippen molar-refractivity contribution >= 4 is 40.1 Å². The predicted octanol–water partition coefficient (Wildman–Crippen LogP) is 3.12. The number of carboxylic acid groups (broad SMARTS) is 1. The normalized spacial score (nSPS) is 10.5. The van der Waals surface area contributed by atoms with Crippen molar-refractivity contribution in [1.82, 2.24) is 15.0 Å². The lowest BCUT2D eigenvalue weighted by Crippen LogP contribution is -2.00. The SMILES string of the molecule is O=C(O)c1cccc(Nc2nc(Cl)nc3ncccc23)c1. The summed E-state index contributed by atoms with van der Waals surface area (Å²) in [6.45, 7) is 0. The highest BCUT2D eigenvalue weighted by atomic mass is 35.5. The van der Waals surface area contributed by atoms with Crippen LogP contribution in [0.3, 0.4) is 0 Å². The van der Waals surface area contributed by atoms with Gasteiger partial charge in [0.25, 0.3) is 0 Å². The van der Waals surface area contributed by atoms with Gasteiger partial charge in [0.05, 0.1) is 10.9 Å². The third kappa shape index (κ3) is 2.75. The number of hydrogen-bond acceptors (Lipinski definition) is 5. The van der Waals surface area contributed by atoms with Crippen molar-refractivity contribution in [3.63, 3.8) is 0 Å². The number of nitrogens with one attached hydrogen (secondary N) is 1. The Bertz CT molecular complexity index is 838. The van der Waals surface area contributed by atoms with Gasteiger partial charge in [-0.25, -0.2) is 9.78 Å². The second-order valence-electron chi connectivity index (χ2n) is 4.23. The predicted molar refractivity (Wildman–Crippen MR) is 79.0 cm³/mol. The number of fused-ring (bicyclic) bond motifs is 1. The molecule has 0 aliphatic carbocycles. The highest BCUT2D eigenvalue weighted by Crippen LogP contribution is 2.24. The topological polar surface area (TPSA) is 88.0 Å². The fraction of sp³-hybridized carbons (Fsp3) is 0. The number of aromatic nitrogens is 3. The number of benzene rings is 1. The highest BCUT2D eigenvalue weighted by Gasteiger charge is 2.09. The average molecular weight is 301 g/mol. The van der Waals surface area contributed by atoms with E-state index in [-0.39, 0.29) is 10.8 Å². The molecule has 0 fully saturated rings. The summed E-state index contributed by atoms with van der Waals surface area (Å²) in [4.78, 5) is 23.3. The Labute approximate surface area is 124 Å². The zero-order chi connectivity index (χ0) is 14.8. The van der Waals surface area contributed by atoms with Crippen LogP contribution in [0.4, 0.5) is 11.5 Å². The Morgan fingerprint density at radius 1 is 1.19 bits per heavy atom. The van der Waals surface area contributed by atoms with Gasteiger partial charge in [0.2, 0.25) is 5.28 Å². The molecule has 3 rings (SSSR count). The number of carboxylic acids is 1. The van der Waals surface area contributed by atoms with Gasteiger partial charge >= 0.3 is 5.97 Å². The maximum Gasteiger partial charge on any atom is 0.335 e. The minimum Gasteiger partial charge on any atom is -0.478 e. The van der Waals surface area contributed by atoms with Crippen molar-refractivity contribution in [1.29, 1.82) is 0 Å². The van der Waals surface area contributed by atoms with Crippen LogP contribution in [0, 0.1) is 0 Å². The summed E-state index contributed by atoms with van der Waals surface area (Å²) in [5.41, 5.74) is 1.24. The molecule has 2 N–H and O–H groups in total. The third-order valence-corrected chi connectivity index (χ3v) is 2.99. The summed E-state index contributed by atoms with van der Waals surface area (Å²) in [5.74, 6) is -0.522. The summed E-state index contributed by atoms with van der Waals surface area (Å²) in [6, 6.07) is 9.99. The quantitative estimate of drug-likeness (QED) is 0.723. The molecule has 0 spiro atoms. The molecule has 104 valence electrons. The monoisotopic (exact) mass is 300 g/mol. The minimum atomic E-state index is -0.995. The van der Waals surface area contributed by atoms with Crippen molar-refractivity contribution in [2.45, 2.75) is 0 Å². The van der Waals surface area contributed by atoms with Crippen LogP contribution in [-0.2, 0) is 0 Å². The number of hydrogen-bond donors (Lipinski definition) is 2. The number of carbonyl (C=O) groups is 1. The molecule has 21 heavy (non-hydrogen) atoms. The van der Waals surface area contributed by atoms with Gasteiger partial charge in [0.1, 0.15) is 5.82 Å². The lowest BCUT2D eigenvalue weighted by molar-refractivity contribution is 0.0697. The number of halogens is 1. The summed E-state index contributed by atoms with van der Waals surface area (Å²) < 4.78 is 0. The molecular weight excluding hydrogens is 292 g/mol. The summed E-state index contributed by atoms with van der Waals surface area (Å²) in [6.07, 6.45) is 1.61. The molecule has 0 radical (unpaired) electrons. The fourth-order valence-corrected chi connectivity index (χ4v) is 2.06. The second kappa shape index (κ2) is 5.34. The van der Waals surface area contributed by atoms with Crippen molar-refractivity contribution in [3.05, 3.63) is 53.4 Å². The van der Waals surface area contributed by atoms with E-state index in [1.807, 2.05) is 6.07 Å². The Morgan fingerprint density at radius 2 is 2.05 bits per heavy atom. The maximum atomic E-state index is 11.0. The summed E-state index contributed by atoms with van der Waals surface area (Å²) in [5, 5.41) is 12.8. The zero-order valence-electron chi connectivity index (χ0n) is 10.6. The molecular formula is C14H9ClN4O2. The molecule has 1 aromatic carbocycles. The van der Waals surface area contributed by atoms with Gasteiger partial charge < -0.3 is 10.4 Å². The van der Waals surface area contributed by atoms with Crippen LogP contribution in [0.2, 0.25) is 5.28 Å². The van der Waals surface area contributed by atoms with Gasteiger partial charge in [0, 0.05) is 11.9 Å². The molecule has 2 aromatic heterocycles. The van der Waals surface area contributed by atoms with E-state index in [4.69, 9.17) is 16.7 Å². The number of nitrogens with zero attached hydrogens (tertiary/aromatic N) is 3. The van der Waals surface area contributed by atoms with Crippen LogP contribution < -0.4 is 5.32 Å². The second-order valence-corrected chi connectivity index (χ2v) is 4.56. The van der Waals surface area contributed by atoms with Gasteiger partial charge in [0.15, 0.2) is 5.65 Å². The summed E-state index contributed by atoms with van der Waals surface area (Å²) in [7, 11) is 0. The molecule has 6 nitrogen and oxygen atoms in total. The Kier molecular flexibility index (Phi) is 3.37. The highest BCUT2D eigenvalue weighted by molar-refractivity contribution is 6.28. The molecule has 3 aromatic rings. The van der Waals surface area contributed by atoms with E-state index >= 15 is 0 Å². The van der Waals surface area contributed by atoms with Crippen LogP contribution >= 0.6 is 11.6 Å². The molecule has 0 saturated carbocycles. The van der Waals surface area contributed by atoms with E-state index in [0.29, 0.717) is 22.5 Å². The smallest absolute Gasteiger partial charge is 0.335 e. The van der Waals surface area contributed by atoms with E-state index < -0.39 is 5.97 Å². The third-order valence-electron chi connectivity index (χ3n) is 2.82. The molecule has 0 aliphatic heterocycles. The van der Waals surface area contributed by atoms with Crippen molar-refractivity contribution in [3.8, 4) is 0 Å². The first-order valence-electron chi connectivity index (χ1n) is 6.02. The lowest BCUT2D eigenvalue weighted by Gasteiger charge is -2.09. The lowest BCUT2D eigenvalue weighted by atomic mass is 10.2. The number of aromatic carboxylic acids is 1. The first-order chi connectivity index (χ1) is 10.1. The molecule has 0 unspecified atom stereocenters. The standard InChI is InChI=1S/C14H9ClN4O2/c15-14-18-11-10(5-2-6-16-11)12(19-14)17-9-4-1-3-8(7-9)13(20)21/h1-7H,(H,20,21)(H,16,17,18,19).